The van der Waals surface area contributed by atoms with E-state index in [1.165, 1.54) is 30.5 Å². The number of amides is 1. The summed E-state index contributed by atoms with van der Waals surface area (Å²) in [6.07, 6.45) is -3.19. The zero-order valence-corrected chi connectivity index (χ0v) is 14.3. The lowest BCUT2D eigenvalue weighted by molar-refractivity contribution is -0.136. The minimum absolute atomic E-state index is 0.0132. The van der Waals surface area contributed by atoms with Gasteiger partial charge in [0.05, 0.1) is 24.5 Å². The number of nitrogens with zero attached hydrogens (tertiary/aromatic N) is 2. The lowest BCUT2D eigenvalue weighted by Crippen LogP contribution is -2.41. The molecular formula is C17H15ClF3N3O2. The van der Waals surface area contributed by atoms with E-state index in [1.807, 2.05) is 0 Å². The van der Waals surface area contributed by atoms with Gasteiger partial charge in [0.1, 0.15) is 5.69 Å². The smallest absolute Gasteiger partial charge is 0.378 e. The van der Waals surface area contributed by atoms with E-state index in [1.54, 1.807) is 4.90 Å². The van der Waals surface area contributed by atoms with E-state index in [-0.39, 0.29) is 22.3 Å². The second kappa shape index (κ2) is 7.51. The van der Waals surface area contributed by atoms with Crippen LogP contribution in [0, 0.1) is 0 Å². The minimum Gasteiger partial charge on any atom is -0.378 e. The Morgan fingerprint density at radius 3 is 2.62 bits per heavy atom. The molecule has 0 aliphatic carbocycles. The molecule has 1 aliphatic heterocycles. The van der Waals surface area contributed by atoms with Crippen LogP contribution in [0.2, 0.25) is 5.02 Å². The zero-order chi connectivity index (χ0) is 18.7. The van der Waals surface area contributed by atoms with E-state index in [0.29, 0.717) is 32.0 Å². The van der Waals surface area contributed by atoms with E-state index in [4.69, 9.17) is 16.3 Å². The minimum atomic E-state index is -4.56. The first-order valence-electron chi connectivity index (χ1n) is 7.81. The summed E-state index contributed by atoms with van der Waals surface area (Å²) in [5.41, 5.74) is -0.565. The van der Waals surface area contributed by atoms with Gasteiger partial charge in [-0.2, -0.15) is 13.2 Å². The third-order valence-electron chi connectivity index (χ3n) is 3.84. The van der Waals surface area contributed by atoms with Gasteiger partial charge in [-0.05, 0) is 30.3 Å². The molecule has 1 aromatic carbocycles. The molecule has 0 unspecified atom stereocenters. The molecule has 1 fully saturated rings. The van der Waals surface area contributed by atoms with Crippen molar-refractivity contribution >= 4 is 28.9 Å². The van der Waals surface area contributed by atoms with Crippen LogP contribution in [0.15, 0.2) is 36.5 Å². The fourth-order valence-corrected chi connectivity index (χ4v) is 2.74. The van der Waals surface area contributed by atoms with E-state index in [9.17, 15) is 18.0 Å². The lowest BCUT2D eigenvalue weighted by Gasteiger charge is -2.26. The van der Waals surface area contributed by atoms with Gasteiger partial charge in [0.25, 0.3) is 5.91 Å². The van der Waals surface area contributed by atoms with Gasteiger partial charge in [-0.15, -0.1) is 0 Å². The van der Waals surface area contributed by atoms with Crippen molar-refractivity contribution in [3.63, 3.8) is 0 Å². The Morgan fingerprint density at radius 2 is 1.92 bits per heavy atom. The fourth-order valence-electron chi connectivity index (χ4n) is 2.57. The highest BCUT2D eigenvalue weighted by Crippen LogP contribution is 2.37. The molecule has 9 heteroatoms. The quantitative estimate of drug-likeness (QED) is 0.868. The van der Waals surface area contributed by atoms with Gasteiger partial charge in [-0.25, -0.2) is 0 Å². The summed E-state index contributed by atoms with van der Waals surface area (Å²) in [6.45, 7) is 1.80. The number of hydrogen-bond acceptors (Lipinski definition) is 4. The Labute approximate surface area is 152 Å². The molecule has 0 radical (unpaired) electrons. The van der Waals surface area contributed by atoms with Crippen LogP contribution < -0.4 is 5.32 Å². The Balaban J connectivity index is 1.84. The fraction of sp³-hybridized carbons (Fsp3) is 0.294. The van der Waals surface area contributed by atoms with Gasteiger partial charge in [0, 0.05) is 30.0 Å². The van der Waals surface area contributed by atoms with Gasteiger partial charge in [-0.1, -0.05) is 11.6 Å². The van der Waals surface area contributed by atoms with Gasteiger partial charge < -0.3 is 15.0 Å². The molecule has 1 aromatic heterocycles. The number of morpholine rings is 1. The lowest BCUT2D eigenvalue weighted by atomic mass is 10.1. The topological polar surface area (TPSA) is 54.5 Å². The summed E-state index contributed by atoms with van der Waals surface area (Å²) in [6, 6.07) is 6.37. The van der Waals surface area contributed by atoms with Crippen molar-refractivity contribution in [2.24, 2.45) is 0 Å². The number of carbonyl (C=O) groups is 1. The SMILES string of the molecule is O=C(c1cc(Nc2ccc(Cl)cc2C(F)(F)F)ccn1)N1CCOCC1. The van der Waals surface area contributed by atoms with Crippen LogP contribution in [-0.2, 0) is 10.9 Å². The van der Waals surface area contributed by atoms with Crippen LogP contribution in [0.5, 0.6) is 0 Å². The number of halogens is 4. The van der Waals surface area contributed by atoms with Crippen LogP contribution in [0.4, 0.5) is 24.5 Å². The number of alkyl halides is 3. The van der Waals surface area contributed by atoms with Crippen LogP contribution in [0.1, 0.15) is 16.1 Å². The molecule has 2 heterocycles. The van der Waals surface area contributed by atoms with Crippen molar-refractivity contribution < 1.29 is 22.7 Å². The average Bonchev–Trinajstić information content (AvgIpc) is 2.63. The first-order chi connectivity index (χ1) is 12.3. The number of ether oxygens (including phenoxy) is 1. The maximum atomic E-state index is 13.2. The standard InChI is InChI=1S/C17H15ClF3N3O2/c18-11-1-2-14(13(9-11)17(19,20)21)23-12-3-4-22-15(10-12)16(25)24-5-7-26-8-6-24/h1-4,9-10H,5-8H2,(H,22,23). The predicted molar refractivity (Wildman–Crippen MR) is 90.7 cm³/mol. The molecular weight excluding hydrogens is 371 g/mol. The van der Waals surface area contributed by atoms with Gasteiger partial charge in [0.2, 0.25) is 0 Å². The normalized spacial score (nSPS) is 15.0. The molecule has 1 amide bonds. The highest BCUT2D eigenvalue weighted by atomic mass is 35.5. The van der Waals surface area contributed by atoms with Crippen LogP contribution in [0.25, 0.3) is 0 Å². The second-order valence-electron chi connectivity index (χ2n) is 5.65. The maximum Gasteiger partial charge on any atom is 0.418 e. The number of hydrogen-bond donors (Lipinski definition) is 1. The molecule has 1 saturated heterocycles. The van der Waals surface area contributed by atoms with Gasteiger partial charge >= 0.3 is 6.18 Å². The van der Waals surface area contributed by atoms with E-state index >= 15 is 0 Å². The van der Waals surface area contributed by atoms with Crippen molar-refractivity contribution in [2.75, 3.05) is 31.6 Å². The molecule has 5 nitrogen and oxygen atoms in total. The number of pyridine rings is 1. The van der Waals surface area contributed by atoms with Crippen LogP contribution in [-0.4, -0.2) is 42.1 Å². The molecule has 0 spiro atoms. The van der Waals surface area contributed by atoms with Crippen molar-refractivity contribution in [3.8, 4) is 0 Å². The summed E-state index contributed by atoms with van der Waals surface area (Å²) in [5.74, 6) is -0.288. The predicted octanol–water partition coefficient (Wildman–Crippen LogP) is 3.97. The second-order valence-corrected chi connectivity index (χ2v) is 6.08. The van der Waals surface area contributed by atoms with Crippen molar-refractivity contribution in [1.82, 2.24) is 9.88 Å². The van der Waals surface area contributed by atoms with E-state index in [0.717, 1.165) is 6.07 Å². The number of nitrogens with one attached hydrogen (secondary N) is 1. The number of anilines is 2. The Morgan fingerprint density at radius 1 is 1.19 bits per heavy atom. The molecule has 1 N–H and O–H groups in total. The number of benzene rings is 1. The highest BCUT2D eigenvalue weighted by molar-refractivity contribution is 6.30. The number of carbonyl (C=O) groups excluding carboxylic acids is 1. The van der Waals surface area contributed by atoms with Crippen molar-refractivity contribution in [2.45, 2.75) is 6.18 Å². The Bertz CT molecular complexity index is 808. The zero-order valence-electron chi connectivity index (χ0n) is 13.5. The maximum absolute atomic E-state index is 13.2. The largest absolute Gasteiger partial charge is 0.418 e. The molecule has 26 heavy (non-hydrogen) atoms. The Hall–Kier alpha value is -2.32. The third-order valence-corrected chi connectivity index (χ3v) is 4.08. The summed E-state index contributed by atoms with van der Waals surface area (Å²) >= 11 is 5.68. The van der Waals surface area contributed by atoms with Gasteiger partial charge in [-0.3, -0.25) is 9.78 Å². The third kappa shape index (κ3) is 4.25. The average molecular weight is 386 g/mol. The van der Waals surface area contributed by atoms with E-state index in [2.05, 4.69) is 10.3 Å². The summed E-state index contributed by atoms with van der Waals surface area (Å²) in [4.78, 5) is 18.1. The molecule has 0 atom stereocenters. The van der Waals surface area contributed by atoms with Crippen LogP contribution in [0.3, 0.4) is 0 Å². The first kappa shape index (κ1) is 18.5. The molecule has 138 valence electrons. The highest BCUT2D eigenvalue weighted by Gasteiger charge is 2.34. The first-order valence-corrected chi connectivity index (χ1v) is 8.19. The summed E-state index contributed by atoms with van der Waals surface area (Å²) in [5, 5.41) is 2.68. The number of rotatable bonds is 3. The van der Waals surface area contributed by atoms with Crippen molar-refractivity contribution in [1.29, 1.82) is 0 Å². The Kier molecular flexibility index (Phi) is 5.33. The molecule has 0 saturated carbocycles. The van der Waals surface area contributed by atoms with Gasteiger partial charge in [0.15, 0.2) is 0 Å². The molecule has 3 rings (SSSR count). The molecule has 0 bridgehead atoms. The summed E-state index contributed by atoms with van der Waals surface area (Å²) in [7, 11) is 0. The van der Waals surface area contributed by atoms with E-state index < -0.39 is 11.7 Å². The van der Waals surface area contributed by atoms with Crippen LogP contribution >= 0.6 is 11.6 Å². The molecule has 1 aliphatic rings. The number of aromatic nitrogens is 1. The summed E-state index contributed by atoms with van der Waals surface area (Å²) < 4.78 is 44.8. The van der Waals surface area contributed by atoms with Crippen molar-refractivity contribution in [3.05, 3.63) is 52.8 Å². The monoisotopic (exact) mass is 385 g/mol. The molecule has 2 aromatic rings.